The molecule has 0 bridgehead atoms. The number of para-hydroxylation sites is 1. The minimum atomic E-state index is -1.55. The summed E-state index contributed by atoms with van der Waals surface area (Å²) in [5, 5.41) is 1.02. The summed E-state index contributed by atoms with van der Waals surface area (Å²) in [7, 11) is 1.33. The van der Waals surface area contributed by atoms with Gasteiger partial charge in [-0.3, -0.25) is 9.69 Å². The molecule has 0 amide bonds. The monoisotopic (exact) mass is 485 g/mol. The molecule has 5 nitrogen and oxygen atoms in total. The maximum atomic E-state index is 15.7. The van der Waals surface area contributed by atoms with E-state index in [-0.39, 0.29) is 30.0 Å². The Morgan fingerprint density at radius 3 is 2.46 bits per heavy atom. The first-order chi connectivity index (χ1) is 16.6. The van der Waals surface area contributed by atoms with Crippen molar-refractivity contribution in [1.82, 2.24) is 9.88 Å². The van der Waals surface area contributed by atoms with E-state index in [1.54, 1.807) is 4.90 Å². The molecule has 0 unspecified atom stereocenters. The fraction of sp³-hybridized carbons (Fsp3) is 0.444. The zero-order chi connectivity index (χ0) is 25.1. The number of alkyl halides is 1. The number of anilines is 1. The van der Waals surface area contributed by atoms with E-state index in [1.165, 1.54) is 33.1 Å². The maximum absolute atomic E-state index is 15.7. The summed E-state index contributed by atoms with van der Waals surface area (Å²) < 4.78 is 51.1. The van der Waals surface area contributed by atoms with E-state index in [0.29, 0.717) is 30.9 Å². The number of rotatable bonds is 5. The number of carbonyl (C=O) groups is 1. The van der Waals surface area contributed by atoms with E-state index in [4.69, 9.17) is 4.74 Å². The number of ether oxygens (including phenoxy) is 1. The van der Waals surface area contributed by atoms with Crippen molar-refractivity contribution in [3.05, 3.63) is 64.9 Å². The lowest BCUT2D eigenvalue weighted by Crippen LogP contribution is -2.51. The number of halogens is 3. The van der Waals surface area contributed by atoms with Gasteiger partial charge in [0, 0.05) is 53.5 Å². The number of H-pyrrole nitrogens is 1. The molecule has 0 radical (unpaired) electrons. The fourth-order valence-electron chi connectivity index (χ4n) is 5.52. The first-order valence-electron chi connectivity index (χ1n) is 11.9. The summed E-state index contributed by atoms with van der Waals surface area (Å²) in [5.74, 6) is -2.01. The molecule has 2 aromatic carbocycles. The molecule has 0 spiro atoms. The van der Waals surface area contributed by atoms with Crippen LogP contribution >= 0.6 is 0 Å². The van der Waals surface area contributed by atoms with Gasteiger partial charge in [-0.25, -0.2) is 13.2 Å². The van der Waals surface area contributed by atoms with Gasteiger partial charge in [0.1, 0.15) is 17.3 Å². The van der Waals surface area contributed by atoms with Gasteiger partial charge in [0.25, 0.3) is 0 Å². The lowest BCUT2D eigenvalue weighted by Gasteiger charge is -2.43. The van der Waals surface area contributed by atoms with Gasteiger partial charge in [-0.2, -0.15) is 0 Å². The van der Waals surface area contributed by atoms with Crippen molar-refractivity contribution in [2.24, 2.45) is 5.92 Å². The second kappa shape index (κ2) is 8.59. The topological polar surface area (TPSA) is 48.6 Å². The largest absolute Gasteiger partial charge is 0.469 e. The number of hydrogen-bond donors (Lipinski definition) is 1. The van der Waals surface area contributed by atoms with Crippen LogP contribution in [-0.4, -0.2) is 54.3 Å². The van der Waals surface area contributed by atoms with Crippen LogP contribution in [-0.2, 0) is 16.0 Å². The van der Waals surface area contributed by atoms with Crippen LogP contribution in [0.5, 0.6) is 0 Å². The Bertz CT molecular complexity index is 1250. The Kier molecular flexibility index (Phi) is 5.82. The number of aromatic nitrogens is 1. The number of aromatic amines is 1. The highest BCUT2D eigenvalue weighted by atomic mass is 19.1. The molecule has 1 aromatic heterocycles. The number of nitrogens with one attached hydrogen (secondary N) is 1. The lowest BCUT2D eigenvalue weighted by atomic mass is 9.87. The minimum absolute atomic E-state index is 0.0290. The average Bonchev–Trinajstić information content (AvgIpc) is 3.11. The Morgan fingerprint density at radius 1 is 1.17 bits per heavy atom. The van der Waals surface area contributed by atoms with Crippen molar-refractivity contribution >= 4 is 22.6 Å². The molecule has 8 heteroatoms. The number of esters is 1. The third-order valence-electron chi connectivity index (χ3n) is 7.19. The van der Waals surface area contributed by atoms with Crippen LogP contribution < -0.4 is 4.90 Å². The molecule has 3 aromatic rings. The number of methoxy groups -OCH3 is 1. The van der Waals surface area contributed by atoms with E-state index in [9.17, 15) is 9.18 Å². The van der Waals surface area contributed by atoms with Crippen LogP contribution in [0.1, 0.15) is 43.6 Å². The van der Waals surface area contributed by atoms with Gasteiger partial charge in [-0.05, 0) is 51.0 Å². The number of fused-ring (bicyclic) bond motifs is 3. The predicted molar refractivity (Wildman–Crippen MR) is 129 cm³/mol. The second-order valence-corrected chi connectivity index (χ2v) is 10.4. The molecule has 35 heavy (non-hydrogen) atoms. The molecule has 5 rings (SSSR count). The maximum Gasteiger partial charge on any atom is 0.312 e. The number of carbonyl (C=O) groups excluding carboxylic acids is 1. The lowest BCUT2D eigenvalue weighted by molar-refractivity contribution is -0.146. The summed E-state index contributed by atoms with van der Waals surface area (Å²) in [5.41, 5.74) is 1.34. The van der Waals surface area contributed by atoms with Gasteiger partial charge in [0.2, 0.25) is 0 Å². The molecule has 2 aliphatic rings. The summed E-state index contributed by atoms with van der Waals surface area (Å²) >= 11 is 0. The fourth-order valence-corrected chi connectivity index (χ4v) is 5.52. The molecule has 2 aliphatic heterocycles. The third-order valence-corrected chi connectivity index (χ3v) is 7.19. The highest BCUT2D eigenvalue weighted by Gasteiger charge is 2.41. The van der Waals surface area contributed by atoms with Crippen molar-refractivity contribution in [1.29, 1.82) is 0 Å². The van der Waals surface area contributed by atoms with Crippen molar-refractivity contribution < 1.29 is 22.7 Å². The molecule has 3 heterocycles. The first kappa shape index (κ1) is 23.7. The van der Waals surface area contributed by atoms with Gasteiger partial charge in [0.15, 0.2) is 0 Å². The summed E-state index contributed by atoms with van der Waals surface area (Å²) in [4.78, 5) is 18.7. The summed E-state index contributed by atoms with van der Waals surface area (Å²) in [6.07, 6.45) is 0.649. The van der Waals surface area contributed by atoms with Crippen molar-refractivity contribution in [3.8, 4) is 0 Å². The smallest absolute Gasteiger partial charge is 0.312 e. The standard InChI is InChI=1S/C27H30F3N3O2/c1-15-9-19-18-7-5-6-8-22(18)31-24(19)25(33(15)14-27(2,3)30)23-20(28)10-17(11-21(23)29)32-12-16(13-32)26(34)35-4/h5-8,10-11,15-16,25,31H,9,12-14H2,1-4H3/t15-,25-/m1/s1. The van der Waals surface area contributed by atoms with Crippen LogP contribution in [0.4, 0.5) is 18.9 Å². The SMILES string of the molecule is COC(=O)C1CN(c2cc(F)c([C@@H]3c4[nH]c5ccccc5c4C[C@@H](C)N3CC(C)(C)F)c(F)c2)C1. The van der Waals surface area contributed by atoms with Crippen LogP contribution in [0.3, 0.4) is 0 Å². The summed E-state index contributed by atoms with van der Waals surface area (Å²) in [6.45, 7) is 5.66. The zero-order valence-electron chi connectivity index (χ0n) is 20.4. The van der Waals surface area contributed by atoms with Crippen molar-refractivity contribution in [3.63, 3.8) is 0 Å². The highest BCUT2D eigenvalue weighted by molar-refractivity contribution is 5.85. The Morgan fingerprint density at radius 2 is 1.83 bits per heavy atom. The average molecular weight is 486 g/mol. The zero-order valence-corrected chi connectivity index (χ0v) is 20.4. The van der Waals surface area contributed by atoms with E-state index in [1.807, 2.05) is 36.1 Å². The van der Waals surface area contributed by atoms with E-state index < -0.39 is 23.3 Å². The van der Waals surface area contributed by atoms with Crippen LogP contribution in [0.25, 0.3) is 10.9 Å². The molecule has 1 N–H and O–H groups in total. The van der Waals surface area contributed by atoms with E-state index >= 15 is 8.78 Å². The number of benzene rings is 2. The quantitative estimate of drug-likeness (QED) is 0.509. The van der Waals surface area contributed by atoms with E-state index in [2.05, 4.69) is 4.98 Å². The molecule has 2 atom stereocenters. The molecule has 1 saturated heterocycles. The molecular formula is C27H30F3N3O2. The van der Waals surface area contributed by atoms with Gasteiger partial charge in [0.05, 0.1) is 19.1 Å². The Balaban J connectivity index is 1.58. The normalized spacial score (nSPS) is 21.2. The molecule has 186 valence electrons. The van der Waals surface area contributed by atoms with Gasteiger partial charge >= 0.3 is 5.97 Å². The Labute approximate surface area is 202 Å². The summed E-state index contributed by atoms with van der Waals surface area (Å²) in [6, 6.07) is 9.49. The number of nitrogens with zero attached hydrogens (tertiary/aromatic N) is 2. The minimum Gasteiger partial charge on any atom is -0.469 e. The van der Waals surface area contributed by atoms with Crippen LogP contribution in [0, 0.1) is 17.6 Å². The first-order valence-corrected chi connectivity index (χ1v) is 11.9. The van der Waals surface area contributed by atoms with Gasteiger partial charge in [-0.1, -0.05) is 18.2 Å². The van der Waals surface area contributed by atoms with Gasteiger partial charge in [-0.15, -0.1) is 0 Å². The van der Waals surface area contributed by atoms with Gasteiger partial charge < -0.3 is 14.6 Å². The molecule has 0 saturated carbocycles. The second-order valence-electron chi connectivity index (χ2n) is 10.4. The third kappa shape index (κ3) is 4.18. The van der Waals surface area contributed by atoms with Crippen LogP contribution in [0.15, 0.2) is 36.4 Å². The number of hydrogen-bond acceptors (Lipinski definition) is 4. The predicted octanol–water partition coefficient (Wildman–Crippen LogP) is 5.14. The van der Waals surface area contributed by atoms with Crippen LogP contribution in [0.2, 0.25) is 0 Å². The van der Waals surface area contributed by atoms with E-state index in [0.717, 1.165) is 16.5 Å². The molecular weight excluding hydrogens is 455 g/mol. The highest BCUT2D eigenvalue weighted by Crippen LogP contribution is 2.44. The Hall–Kier alpha value is -3.00. The molecule has 0 aliphatic carbocycles. The van der Waals surface area contributed by atoms with Crippen molar-refractivity contribution in [2.75, 3.05) is 31.6 Å². The molecule has 1 fully saturated rings. The van der Waals surface area contributed by atoms with Crippen molar-refractivity contribution in [2.45, 2.75) is 44.9 Å².